The fourth-order valence-electron chi connectivity index (χ4n) is 5.19. The zero-order valence-corrected chi connectivity index (χ0v) is 30.7. The van der Waals surface area contributed by atoms with Crippen LogP contribution < -0.4 is 21.4 Å². The lowest BCUT2D eigenvalue weighted by Crippen LogP contribution is -2.61. The highest BCUT2D eigenvalue weighted by molar-refractivity contribution is 5.87. The van der Waals surface area contributed by atoms with Crippen LogP contribution in [0.25, 0.3) is 11.3 Å². The smallest absolute Gasteiger partial charge is 0.407 e. The number of amides is 4. The summed E-state index contributed by atoms with van der Waals surface area (Å²) in [7, 11) is 2.28. The number of methoxy groups -OCH3 is 2. The van der Waals surface area contributed by atoms with Crippen molar-refractivity contribution in [1.29, 1.82) is 0 Å². The highest BCUT2D eigenvalue weighted by Gasteiger charge is 2.39. The van der Waals surface area contributed by atoms with Crippen LogP contribution in [0.2, 0.25) is 0 Å². The van der Waals surface area contributed by atoms with Crippen molar-refractivity contribution in [3.05, 3.63) is 90.1 Å². The third-order valence-electron chi connectivity index (χ3n) is 8.29. The lowest BCUT2D eigenvalue weighted by molar-refractivity contribution is -0.132. The number of hydrogen-bond acceptors (Lipinski definition) is 10. The van der Waals surface area contributed by atoms with Gasteiger partial charge in [0.25, 0.3) is 5.91 Å². The zero-order valence-electron chi connectivity index (χ0n) is 32.7. The number of aromatic nitrogens is 1. The van der Waals surface area contributed by atoms with Crippen LogP contribution in [0.15, 0.2) is 79.0 Å². The molecule has 52 heavy (non-hydrogen) atoms. The molecular weight excluding hydrogens is 668 g/mol. The van der Waals surface area contributed by atoms with Crippen molar-refractivity contribution >= 4 is 24.0 Å². The standard InChI is InChI=1S/C38H52N6O8/c1-37(2,3)31(41-35(49)51-6)34(48)43-44(22-26-16-18-27(19-17-26)28-15-11-12-20-39-28)23-30(46)29(21-25-13-9-8-10-14-25)40-33(47)32(38(4,5)24-45)42-36(50)52-7/h8-20,29-32,45-46H,21-24H2,1-7H3,(H,40,47)(H,41,49)(H,42,50)(H,43,48)/t29-,30-,31+,32+/m0/s1/i22D2. The van der Waals surface area contributed by atoms with Crippen LogP contribution in [0, 0.1) is 10.8 Å². The molecule has 0 saturated carbocycles. The number of aliphatic hydroxyl groups is 2. The molecular formula is C38H52N6O8. The Bertz CT molecular complexity index is 1690. The van der Waals surface area contributed by atoms with Crippen LogP contribution >= 0.6 is 0 Å². The van der Waals surface area contributed by atoms with Crippen molar-refractivity contribution < 1.29 is 41.6 Å². The van der Waals surface area contributed by atoms with E-state index in [1.807, 2.05) is 12.1 Å². The average Bonchev–Trinajstić information content (AvgIpc) is 3.15. The molecule has 1 aromatic heterocycles. The highest BCUT2D eigenvalue weighted by Crippen LogP contribution is 2.23. The minimum Gasteiger partial charge on any atom is -0.453 e. The van der Waals surface area contributed by atoms with Gasteiger partial charge in [-0.1, -0.05) is 95.3 Å². The Balaban J connectivity index is 2.07. The van der Waals surface area contributed by atoms with Crippen LogP contribution in [0.5, 0.6) is 0 Å². The first-order valence-corrected chi connectivity index (χ1v) is 16.8. The third-order valence-corrected chi connectivity index (χ3v) is 8.29. The van der Waals surface area contributed by atoms with E-state index in [0.29, 0.717) is 16.8 Å². The summed E-state index contributed by atoms with van der Waals surface area (Å²) in [4.78, 5) is 56.6. The Morgan fingerprint density at radius 1 is 0.808 bits per heavy atom. The minimum absolute atomic E-state index is 0.0519. The van der Waals surface area contributed by atoms with Gasteiger partial charge in [0.2, 0.25) is 5.91 Å². The molecule has 3 rings (SSSR count). The molecule has 3 aromatic rings. The third kappa shape index (κ3) is 12.3. The summed E-state index contributed by atoms with van der Waals surface area (Å²) in [6.45, 7) is 4.69. The Kier molecular flexibility index (Phi) is 13.9. The van der Waals surface area contributed by atoms with E-state index in [1.165, 1.54) is 12.1 Å². The van der Waals surface area contributed by atoms with E-state index in [2.05, 4.69) is 26.4 Å². The van der Waals surface area contributed by atoms with Crippen LogP contribution in [0.1, 0.15) is 48.5 Å². The van der Waals surface area contributed by atoms with Crippen molar-refractivity contribution in [2.75, 3.05) is 27.4 Å². The molecule has 2 aromatic carbocycles. The number of hydrogen-bond donors (Lipinski definition) is 6. The molecule has 0 aliphatic heterocycles. The average molecular weight is 723 g/mol. The SMILES string of the molecule is [2H]C([2H])(c1ccc(-c2ccccn2)cc1)N(C[C@H](O)[C@H](Cc1ccccc1)NC(=O)[C@@H](NC(=O)OC)C(C)(C)CO)NC(=O)[C@@H](NC(=O)OC)C(C)(C)C. The number of benzene rings is 2. The molecule has 0 fully saturated rings. The van der Waals surface area contributed by atoms with E-state index in [-0.39, 0.29) is 12.0 Å². The van der Waals surface area contributed by atoms with Gasteiger partial charge in [-0.2, -0.15) is 0 Å². The van der Waals surface area contributed by atoms with E-state index >= 15 is 0 Å². The maximum Gasteiger partial charge on any atom is 0.407 e. The number of rotatable bonds is 16. The first-order chi connectivity index (χ1) is 25.3. The number of carbonyl (C=O) groups excluding carboxylic acids is 4. The van der Waals surface area contributed by atoms with E-state index in [1.54, 1.807) is 89.3 Å². The minimum atomic E-state index is -2.48. The maximum atomic E-state index is 13.9. The topological polar surface area (TPSA) is 191 Å². The van der Waals surface area contributed by atoms with Gasteiger partial charge >= 0.3 is 12.2 Å². The van der Waals surface area contributed by atoms with Gasteiger partial charge in [0.05, 0.1) is 41.4 Å². The zero-order chi connectivity index (χ0) is 40.3. The lowest BCUT2D eigenvalue weighted by Gasteiger charge is -2.36. The Morgan fingerprint density at radius 2 is 1.40 bits per heavy atom. The molecule has 0 aliphatic rings. The van der Waals surface area contributed by atoms with Crippen molar-refractivity contribution in [3.8, 4) is 11.3 Å². The van der Waals surface area contributed by atoms with E-state index < -0.39 is 78.7 Å². The number of nitrogens with zero attached hydrogens (tertiary/aromatic N) is 2. The van der Waals surface area contributed by atoms with Crippen molar-refractivity contribution in [2.45, 2.75) is 71.8 Å². The molecule has 0 radical (unpaired) electrons. The Hall–Kier alpha value is -5.05. The summed E-state index contributed by atoms with van der Waals surface area (Å²) in [6.07, 6.45) is -1.66. The van der Waals surface area contributed by atoms with Gasteiger partial charge in [-0.25, -0.2) is 14.6 Å². The Labute approximate surface area is 308 Å². The molecule has 0 saturated heterocycles. The number of alkyl carbamates (subject to hydrolysis) is 2. The second-order valence-corrected chi connectivity index (χ2v) is 14.0. The molecule has 6 N–H and O–H groups in total. The van der Waals surface area contributed by atoms with Gasteiger partial charge in [0.15, 0.2) is 0 Å². The number of hydrazine groups is 1. The molecule has 4 amide bonds. The highest BCUT2D eigenvalue weighted by atomic mass is 16.5. The fourth-order valence-corrected chi connectivity index (χ4v) is 5.19. The summed E-state index contributed by atoms with van der Waals surface area (Å²) in [5.74, 6) is -1.55. The summed E-state index contributed by atoms with van der Waals surface area (Å²) in [6, 6.07) is 17.1. The van der Waals surface area contributed by atoms with Crippen LogP contribution in [0.4, 0.5) is 9.59 Å². The lowest BCUT2D eigenvalue weighted by atomic mass is 9.84. The second-order valence-electron chi connectivity index (χ2n) is 14.0. The monoisotopic (exact) mass is 722 g/mol. The fraction of sp³-hybridized carbons (Fsp3) is 0.447. The number of aliphatic hydroxyl groups excluding tert-OH is 2. The summed E-state index contributed by atoms with van der Waals surface area (Å²) in [5.41, 5.74) is 2.74. The largest absolute Gasteiger partial charge is 0.453 e. The van der Waals surface area contributed by atoms with Crippen LogP contribution in [-0.4, -0.2) is 95.8 Å². The van der Waals surface area contributed by atoms with Crippen LogP contribution in [-0.2, 0) is 32.0 Å². The van der Waals surface area contributed by atoms with Crippen LogP contribution in [0.3, 0.4) is 0 Å². The first kappa shape index (κ1) is 38.2. The summed E-state index contributed by atoms with van der Waals surface area (Å²) in [5, 5.41) is 30.7. The van der Waals surface area contributed by atoms with E-state index in [4.69, 9.17) is 9.47 Å². The van der Waals surface area contributed by atoms with Gasteiger partial charge < -0.3 is 35.6 Å². The number of ether oxygens (including phenoxy) is 2. The molecule has 0 bridgehead atoms. The number of carbonyl (C=O) groups is 4. The molecule has 0 aliphatic carbocycles. The van der Waals surface area contributed by atoms with Gasteiger partial charge in [-0.15, -0.1) is 0 Å². The predicted octanol–water partition coefficient (Wildman–Crippen LogP) is 3.18. The van der Waals surface area contributed by atoms with Gasteiger partial charge in [-0.3, -0.25) is 20.0 Å². The molecule has 14 nitrogen and oxygen atoms in total. The molecule has 0 spiro atoms. The molecule has 4 atom stereocenters. The quantitative estimate of drug-likeness (QED) is 0.120. The van der Waals surface area contributed by atoms with E-state index in [9.17, 15) is 32.1 Å². The van der Waals surface area contributed by atoms with Crippen molar-refractivity contribution in [3.63, 3.8) is 0 Å². The molecule has 1 heterocycles. The van der Waals surface area contributed by atoms with Gasteiger partial charge in [0.1, 0.15) is 12.1 Å². The number of pyridine rings is 1. The van der Waals surface area contributed by atoms with Crippen molar-refractivity contribution in [2.24, 2.45) is 10.8 Å². The number of nitrogens with one attached hydrogen (secondary N) is 4. The predicted molar refractivity (Wildman–Crippen MR) is 195 cm³/mol. The van der Waals surface area contributed by atoms with Gasteiger partial charge in [0, 0.05) is 30.2 Å². The van der Waals surface area contributed by atoms with E-state index in [0.717, 1.165) is 19.2 Å². The molecule has 282 valence electrons. The van der Waals surface area contributed by atoms with Crippen molar-refractivity contribution in [1.82, 2.24) is 31.4 Å². The summed E-state index contributed by atoms with van der Waals surface area (Å²) < 4.78 is 28.0. The molecule has 0 unspecified atom stereocenters. The summed E-state index contributed by atoms with van der Waals surface area (Å²) >= 11 is 0. The normalized spacial score (nSPS) is 14.8. The molecule has 14 heteroatoms. The van der Waals surface area contributed by atoms with Gasteiger partial charge in [-0.05, 0) is 35.1 Å². The second kappa shape index (κ2) is 19.0. The Morgan fingerprint density at radius 3 is 1.94 bits per heavy atom. The first-order valence-electron chi connectivity index (χ1n) is 17.8. The maximum absolute atomic E-state index is 13.9.